The molecule has 0 aromatic heterocycles. The highest BCUT2D eigenvalue weighted by Gasteiger charge is 2.53. The number of likely N-dealkylation sites (N-methyl/N-ethyl adjacent to an activating group) is 1. The van der Waals surface area contributed by atoms with Gasteiger partial charge in [0.2, 0.25) is 0 Å². The molecule has 7 heteroatoms. The van der Waals surface area contributed by atoms with Crippen LogP contribution in [-0.2, 0) is 14.3 Å². The molecule has 5 atom stereocenters. The molecule has 1 amide bonds. The lowest BCUT2D eigenvalue weighted by molar-refractivity contribution is -0.136. The molecule has 5 nitrogen and oxygen atoms in total. The van der Waals surface area contributed by atoms with Gasteiger partial charge in [0.1, 0.15) is 6.10 Å². The van der Waals surface area contributed by atoms with Gasteiger partial charge in [-0.25, -0.2) is 0 Å². The van der Waals surface area contributed by atoms with Gasteiger partial charge in [-0.3, -0.25) is 9.59 Å². The Labute approximate surface area is 181 Å². The number of ketones is 1. The van der Waals surface area contributed by atoms with E-state index in [-0.39, 0.29) is 40.8 Å². The lowest BCUT2D eigenvalue weighted by Gasteiger charge is -2.40. The minimum Gasteiger partial charge on any atom is -0.483 e. The number of amides is 1. The molecule has 2 heterocycles. The van der Waals surface area contributed by atoms with Crippen LogP contribution in [0.2, 0.25) is 5.02 Å². The van der Waals surface area contributed by atoms with Crippen LogP contribution in [0.15, 0.2) is 35.6 Å². The second kappa shape index (κ2) is 7.93. The van der Waals surface area contributed by atoms with Gasteiger partial charge >= 0.3 is 0 Å². The summed E-state index contributed by atoms with van der Waals surface area (Å²) in [6.45, 7) is 3.25. The van der Waals surface area contributed by atoms with Gasteiger partial charge in [0.05, 0.1) is 17.5 Å². The molecule has 0 radical (unpaired) electrons. The first kappa shape index (κ1) is 20.7. The van der Waals surface area contributed by atoms with Crippen molar-refractivity contribution in [3.63, 3.8) is 0 Å². The van der Waals surface area contributed by atoms with Crippen LogP contribution in [0.4, 0.5) is 0 Å². The number of carbonyl (C=O) groups is 2. The first-order valence-electron chi connectivity index (χ1n) is 10.1. The smallest absolute Gasteiger partial charge is 0.290 e. The van der Waals surface area contributed by atoms with Crippen molar-refractivity contribution in [1.82, 2.24) is 9.80 Å². The lowest BCUT2D eigenvalue weighted by Crippen LogP contribution is -2.44. The number of halogens is 2. The van der Waals surface area contributed by atoms with Crippen LogP contribution in [0, 0.1) is 11.8 Å². The Bertz CT molecular complexity index is 869. The Hall–Kier alpha value is -1.56. The molecule has 1 saturated carbocycles. The number of benzene rings is 1. The van der Waals surface area contributed by atoms with E-state index in [1.165, 1.54) is 0 Å². The topological polar surface area (TPSA) is 49.9 Å². The maximum atomic E-state index is 13.6. The maximum Gasteiger partial charge on any atom is 0.290 e. The average molecular weight is 437 g/mol. The quantitative estimate of drug-likeness (QED) is 0.675. The fourth-order valence-electron chi connectivity index (χ4n) is 4.63. The molecule has 156 valence electrons. The molecule has 5 unspecified atom stereocenters. The summed E-state index contributed by atoms with van der Waals surface area (Å²) >= 11 is 12.7. The largest absolute Gasteiger partial charge is 0.483 e. The summed E-state index contributed by atoms with van der Waals surface area (Å²) in [6, 6.07) is 6.90. The number of hydrogen-bond acceptors (Lipinski definition) is 4. The zero-order chi connectivity index (χ0) is 20.9. The number of ether oxygens (including phenoxy) is 1. The summed E-state index contributed by atoms with van der Waals surface area (Å²) in [6.07, 6.45) is 0.995. The SMILES string of the molecule is CC1CC2OC3=C(C(=O)C2CC1Cl)C(c1cccc(Cl)c1)N(CCN(C)C)C3=O. The third-order valence-electron chi connectivity index (χ3n) is 6.26. The molecule has 1 fully saturated rings. The predicted octanol–water partition coefficient (Wildman–Crippen LogP) is 3.66. The third kappa shape index (κ3) is 3.69. The van der Waals surface area contributed by atoms with E-state index in [0.717, 1.165) is 5.56 Å². The van der Waals surface area contributed by atoms with Crippen molar-refractivity contribution in [3.05, 3.63) is 46.2 Å². The predicted molar refractivity (Wildman–Crippen MR) is 113 cm³/mol. The summed E-state index contributed by atoms with van der Waals surface area (Å²) < 4.78 is 6.20. The van der Waals surface area contributed by atoms with Gasteiger partial charge in [0.15, 0.2) is 11.5 Å². The Balaban J connectivity index is 1.75. The van der Waals surface area contributed by atoms with Crippen molar-refractivity contribution in [2.75, 3.05) is 27.2 Å². The summed E-state index contributed by atoms with van der Waals surface area (Å²) in [4.78, 5) is 30.6. The molecule has 0 N–H and O–H groups in total. The molecule has 3 aliphatic rings. The van der Waals surface area contributed by atoms with Gasteiger partial charge in [0.25, 0.3) is 5.91 Å². The second-order valence-corrected chi connectivity index (χ2v) is 9.59. The molecule has 1 aliphatic carbocycles. The lowest BCUT2D eigenvalue weighted by atomic mass is 9.74. The summed E-state index contributed by atoms with van der Waals surface area (Å²) in [5.41, 5.74) is 1.30. The summed E-state index contributed by atoms with van der Waals surface area (Å²) in [7, 11) is 3.92. The molecule has 29 heavy (non-hydrogen) atoms. The number of fused-ring (bicyclic) bond motifs is 1. The van der Waals surface area contributed by atoms with E-state index < -0.39 is 6.04 Å². The van der Waals surface area contributed by atoms with Crippen molar-refractivity contribution in [2.24, 2.45) is 11.8 Å². The zero-order valence-electron chi connectivity index (χ0n) is 16.9. The molecule has 0 saturated heterocycles. The third-order valence-corrected chi connectivity index (χ3v) is 7.10. The maximum absolute atomic E-state index is 13.6. The van der Waals surface area contributed by atoms with Crippen LogP contribution >= 0.6 is 23.2 Å². The first-order chi connectivity index (χ1) is 13.8. The minimum absolute atomic E-state index is 0.000483. The van der Waals surface area contributed by atoms with Crippen LogP contribution in [0.1, 0.15) is 31.4 Å². The summed E-state index contributed by atoms with van der Waals surface area (Å²) in [5, 5.41) is 0.517. The Morgan fingerprint density at radius 3 is 2.69 bits per heavy atom. The average Bonchev–Trinajstić information content (AvgIpc) is 2.94. The monoisotopic (exact) mass is 436 g/mol. The van der Waals surface area contributed by atoms with Crippen molar-refractivity contribution in [1.29, 1.82) is 0 Å². The van der Waals surface area contributed by atoms with Gasteiger partial charge in [-0.15, -0.1) is 11.6 Å². The molecule has 0 spiro atoms. The van der Waals surface area contributed by atoms with E-state index in [2.05, 4.69) is 6.92 Å². The zero-order valence-corrected chi connectivity index (χ0v) is 18.4. The van der Waals surface area contributed by atoms with E-state index in [4.69, 9.17) is 27.9 Å². The van der Waals surface area contributed by atoms with Crippen molar-refractivity contribution in [3.8, 4) is 0 Å². The molecule has 1 aromatic rings. The Kier molecular flexibility index (Phi) is 5.66. The standard InChI is InChI=1S/C22H26Cl2N2O3/c1-12-9-17-15(11-16(12)24)20(27)18-19(13-5-4-6-14(23)10-13)26(8-7-25(2)3)22(28)21(18)29-17/h4-6,10,12,15-17,19H,7-9,11H2,1-3H3. The number of hydrogen-bond donors (Lipinski definition) is 0. The number of nitrogens with zero attached hydrogens (tertiary/aromatic N) is 2. The van der Waals surface area contributed by atoms with E-state index in [1.807, 2.05) is 37.2 Å². The molecular formula is C22H26Cl2N2O3. The summed E-state index contributed by atoms with van der Waals surface area (Å²) in [5.74, 6) is -0.0346. The number of carbonyl (C=O) groups excluding carboxylic acids is 2. The fraction of sp³-hybridized carbons (Fsp3) is 0.545. The van der Waals surface area contributed by atoms with E-state index in [1.54, 1.807) is 11.0 Å². The number of Topliss-reactive ketones (excluding diaryl/α,β-unsaturated/α-hetero) is 1. The van der Waals surface area contributed by atoms with E-state index >= 15 is 0 Å². The van der Waals surface area contributed by atoms with Gasteiger partial charge in [-0.05, 0) is 50.6 Å². The van der Waals surface area contributed by atoms with Crippen molar-refractivity contribution in [2.45, 2.75) is 37.3 Å². The van der Waals surface area contributed by atoms with Gasteiger partial charge in [-0.2, -0.15) is 0 Å². The number of rotatable bonds is 4. The van der Waals surface area contributed by atoms with Crippen LogP contribution in [0.3, 0.4) is 0 Å². The van der Waals surface area contributed by atoms with E-state index in [9.17, 15) is 9.59 Å². The highest BCUT2D eigenvalue weighted by molar-refractivity contribution is 6.30. The molecule has 1 aromatic carbocycles. The highest BCUT2D eigenvalue weighted by atomic mass is 35.5. The minimum atomic E-state index is -0.474. The Morgan fingerprint density at radius 1 is 1.24 bits per heavy atom. The molecule has 4 rings (SSSR count). The van der Waals surface area contributed by atoms with Gasteiger partial charge < -0.3 is 14.5 Å². The van der Waals surface area contributed by atoms with Crippen molar-refractivity contribution >= 4 is 34.9 Å². The first-order valence-corrected chi connectivity index (χ1v) is 10.9. The van der Waals surface area contributed by atoms with Crippen LogP contribution in [0.5, 0.6) is 0 Å². The molecular weight excluding hydrogens is 411 g/mol. The Morgan fingerprint density at radius 2 is 2.00 bits per heavy atom. The van der Waals surface area contributed by atoms with Gasteiger partial charge in [0, 0.05) is 23.5 Å². The van der Waals surface area contributed by atoms with Crippen LogP contribution in [-0.4, -0.2) is 60.2 Å². The molecule has 2 aliphatic heterocycles. The number of alkyl halides is 1. The highest BCUT2D eigenvalue weighted by Crippen LogP contribution is 2.48. The molecule has 0 bridgehead atoms. The van der Waals surface area contributed by atoms with Crippen LogP contribution in [0.25, 0.3) is 0 Å². The van der Waals surface area contributed by atoms with Crippen LogP contribution < -0.4 is 0 Å². The van der Waals surface area contributed by atoms with Crippen molar-refractivity contribution < 1.29 is 14.3 Å². The fourth-order valence-corrected chi connectivity index (χ4v) is 5.12. The van der Waals surface area contributed by atoms with E-state index in [0.29, 0.717) is 36.5 Å². The second-order valence-electron chi connectivity index (χ2n) is 8.59. The normalized spacial score (nSPS) is 31.8. The van der Waals surface area contributed by atoms with Gasteiger partial charge in [-0.1, -0.05) is 30.7 Å².